The summed E-state index contributed by atoms with van der Waals surface area (Å²) in [7, 11) is 0. The molecular weight excluding hydrogens is 355 g/mol. The van der Waals surface area contributed by atoms with Crippen LogP contribution >= 0.6 is 0 Å². The first-order valence-corrected chi connectivity index (χ1v) is 9.51. The molecule has 1 aliphatic heterocycles. The standard InChI is InChI=1S/C21H23FN6/c1-16-14-25-21(26-20(16)18-4-2-3-5-19(18)22)28-12-10-27(11-13-28)9-6-17-15-23-7-8-24-17/h2-5,7-8,14-15H,6,9-13H2,1H3. The molecule has 4 rings (SSSR count). The van der Waals surface area contributed by atoms with E-state index in [9.17, 15) is 4.39 Å². The highest BCUT2D eigenvalue weighted by atomic mass is 19.1. The minimum Gasteiger partial charge on any atom is -0.338 e. The minimum atomic E-state index is -0.260. The molecule has 0 aliphatic carbocycles. The molecule has 3 heterocycles. The number of benzene rings is 1. The number of rotatable bonds is 5. The van der Waals surface area contributed by atoms with Gasteiger partial charge >= 0.3 is 0 Å². The second-order valence-corrected chi connectivity index (χ2v) is 6.96. The van der Waals surface area contributed by atoms with E-state index in [0.717, 1.165) is 50.4 Å². The summed E-state index contributed by atoms with van der Waals surface area (Å²) in [5.74, 6) is 0.404. The highest BCUT2D eigenvalue weighted by molar-refractivity contribution is 5.64. The fourth-order valence-electron chi connectivity index (χ4n) is 3.41. The van der Waals surface area contributed by atoms with Gasteiger partial charge in [-0.3, -0.25) is 14.9 Å². The van der Waals surface area contributed by atoms with E-state index in [1.165, 1.54) is 6.07 Å². The number of anilines is 1. The van der Waals surface area contributed by atoms with Crippen molar-refractivity contribution in [3.8, 4) is 11.3 Å². The number of halogens is 1. The third-order valence-corrected chi connectivity index (χ3v) is 5.04. The van der Waals surface area contributed by atoms with Crippen LogP contribution < -0.4 is 4.90 Å². The molecule has 0 spiro atoms. The molecule has 7 heteroatoms. The predicted molar refractivity (Wildman–Crippen MR) is 107 cm³/mol. The van der Waals surface area contributed by atoms with E-state index in [2.05, 4.69) is 29.7 Å². The Morgan fingerprint density at radius 2 is 1.82 bits per heavy atom. The van der Waals surface area contributed by atoms with Crippen molar-refractivity contribution in [2.24, 2.45) is 0 Å². The highest BCUT2D eigenvalue weighted by Gasteiger charge is 2.20. The van der Waals surface area contributed by atoms with Gasteiger partial charge in [-0.05, 0) is 24.6 Å². The average molecular weight is 378 g/mol. The monoisotopic (exact) mass is 378 g/mol. The first-order chi connectivity index (χ1) is 13.7. The van der Waals surface area contributed by atoms with Crippen molar-refractivity contribution in [1.29, 1.82) is 0 Å². The zero-order valence-corrected chi connectivity index (χ0v) is 15.9. The van der Waals surface area contributed by atoms with Crippen LogP contribution in [0.5, 0.6) is 0 Å². The molecule has 0 bridgehead atoms. The van der Waals surface area contributed by atoms with Gasteiger partial charge in [0.05, 0.1) is 11.4 Å². The van der Waals surface area contributed by atoms with E-state index in [0.29, 0.717) is 17.2 Å². The molecule has 1 aliphatic rings. The quantitative estimate of drug-likeness (QED) is 0.680. The van der Waals surface area contributed by atoms with Crippen molar-refractivity contribution < 1.29 is 4.39 Å². The SMILES string of the molecule is Cc1cnc(N2CCN(CCc3cnccn3)CC2)nc1-c1ccccc1F. The highest BCUT2D eigenvalue weighted by Crippen LogP contribution is 2.25. The van der Waals surface area contributed by atoms with Gasteiger partial charge in [0, 0.05) is 69.5 Å². The Balaban J connectivity index is 1.41. The first-order valence-electron chi connectivity index (χ1n) is 9.51. The van der Waals surface area contributed by atoms with Crippen LogP contribution in [0.25, 0.3) is 11.3 Å². The number of nitrogens with zero attached hydrogens (tertiary/aromatic N) is 6. The van der Waals surface area contributed by atoms with Gasteiger partial charge in [0.2, 0.25) is 5.95 Å². The van der Waals surface area contributed by atoms with Crippen molar-refractivity contribution in [2.45, 2.75) is 13.3 Å². The Hall–Kier alpha value is -2.93. The van der Waals surface area contributed by atoms with Gasteiger partial charge in [-0.1, -0.05) is 12.1 Å². The van der Waals surface area contributed by atoms with Crippen LogP contribution in [-0.2, 0) is 6.42 Å². The van der Waals surface area contributed by atoms with Gasteiger partial charge in [-0.2, -0.15) is 0 Å². The second-order valence-electron chi connectivity index (χ2n) is 6.96. The summed E-state index contributed by atoms with van der Waals surface area (Å²) in [6, 6.07) is 6.75. The van der Waals surface area contributed by atoms with Gasteiger partial charge in [0.25, 0.3) is 0 Å². The van der Waals surface area contributed by atoms with E-state index in [1.54, 1.807) is 30.7 Å². The van der Waals surface area contributed by atoms with E-state index in [4.69, 9.17) is 0 Å². The van der Waals surface area contributed by atoms with Gasteiger partial charge in [0.15, 0.2) is 0 Å². The fourth-order valence-corrected chi connectivity index (χ4v) is 3.41. The molecule has 3 aromatic rings. The second kappa shape index (κ2) is 8.39. The number of hydrogen-bond donors (Lipinski definition) is 0. The summed E-state index contributed by atoms with van der Waals surface area (Å²) in [5, 5.41) is 0. The lowest BCUT2D eigenvalue weighted by molar-refractivity contribution is 0.259. The third kappa shape index (κ3) is 4.14. The maximum atomic E-state index is 14.2. The summed E-state index contributed by atoms with van der Waals surface area (Å²) in [5.41, 5.74) is 3.07. The zero-order valence-electron chi connectivity index (χ0n) is 15.9. The lowest BCUT2D eigenvalue weighted by Gasteiger charge is -2.34. The van der Waals surface area contributed by atoms with Gasteiger partial charge in [-0.15, -0.1) is 0 Å². The number of aromatic nitrogens is 4. The predicted octanol–water partition coefficient (Wildman–Crippen LogP) is 2.75. The minimum absolute atomic E-state index is 0.260. The van der Waals surface area contributed by atoms with Crippen LogP contribution in [0.4, 0.5) is 10.3 Å². The summed E-state index contributed by atoms with van der Waals surface area (Å²) in [6.07, 6.45) is 7.92. The third-order valence-electron chi connectivity index (χ3n) is 5.04. The Labute approximate surface area is 164 Å². The van der Waals surface area contributed by atoms with E-state index in [1.807, 2.05) is 19.2 Å². The lowest BCUT2D eigenvalue weighted by Crippen LogP contribution is -2.47. The maximum absolute atomic E-state index is 14.2. The molecule has 0 radical (unpaired) electrons. The molecular formula is C21H23FN6. The Morgan fingerprint density at radius 3 is 2.57 bits per heavy atom. The summed E-state index contributed by atoms with van der Waals surface area (Å²) >= 11 is 0. The van der Waals surface area contributed by atoms with Gasteiger partial charge in [0.1, 0.15) is 5.82 Å². The topological polar surface area (TPSA) is 58.0 Å². The first kappa shape index (κ1) is 18.4. The Kier molecular flexibility index (Phi) is 5.53. The number of piperazine rings is 1. The van der Waals surface area contributed by atoms with E-state index >= 15 is 0 Å². The van der Waals surface area contributed by atoms with E-state index in [-0.39, 0.29) is 5.82 Å². The molecule has 144 valence electrons. The van der Waals surface area contributed by atoms with Crippen LogP contribution in [0.3, 0.4) is 0 Å². The van der Waals surface area contributed by atoms with Gasteiger partial charge in [-0.25, -0.2) is 14.4 Å². The van der Waals surface area contributed by atoms with Crippen LogP contribution in [0.2, 0.25) is 0 Å². The van der Waals surface area contributed by atoms with Crippen LogP contribution in [0.1, 0.15) is 11.3 Å². The summed E-state index contributed by atoms with van der Waals surface area (Å²) < 4.78 is 14.2. The van der Waals surface area contributed by atoms with Crippen LogP contribution in [0.15, 0.2) is 49.1 Å². The molecule has 28 heavy (non-hydrogen) atoms. The lowest BCUT2D eigenvalue weighted by atomic mass is 10.1. The molecule has 0 N–H and O–H groups in total. The molecule has 0 saturated carbocycles. The molecule has 1 aromatic carbocycles. The molecule has 1 saturated heterocycles. The van der Waals surface area contributed by atoms with Crippen LogP contribution in [-0.4, -0.2) is 57.6 Å². The molecule has 6 nitrogen and oxygen atoms in total. The number of hydrogen-bond acceptors (Lipinski definition) is 6. The van der Waals surface area contributed by atoms with Crippen molar-refractivity contribution in [3.05, 3.63) is 66.1 Å². The fraction of sp³-hybridized carbons (Fsp3) is 0.333. The molecule has 1 fully saturated rings. The maximum Gasteiger partial charge on any atom is 0.225 e. The van der Waals surface area contributed by atoms with Crippen molar-refractivity contribution in [3.63, 3.8) is 0 Å². The normalized spacial score (nSPS) is 15.0. The molecule has 0 atom stereocenters. The molecule has 0 amide bonds. The summed E-state index contributed by atoms with van der Waals surface area (Å²) in [4.78, 5) is 22.2. The molecule has 2 aromatic heterocycles. The Bertz CT molecular complexity index is 925. The van der Waals surface area contributed by atoms with Crippen molar-refractivity contribution in [1.82, 2.24) is 24.8 Å². The Morgan fingerprint density at radius 1 is 1.00 bits per heavy atom. The van der Waals surface area contributed by atoms with Crippen molar-refractivity contribution in [2.75, 3.05) is 37.6 Å². The van der Waals surface area contributed by atoms with Crippen LogP contribution in [0, 0.1) is 12.7 Å². The van der Waals surface area contributed by atoms with E-state index < -0.39 is 0 Å². The number of aryl methyl sites for hydroxylation is 1. The zero-order chi connectivity index (χ0) is 19.3. The van der Waals surface area contributed by atoms with Crippen molar-refractivity contribution >= 4 is 5.95 Å². The molecule has 0 unspecified atom stereocenters. The largest absolute Gasteiger partial charge is 0.338 e. The smallest absolute Gasteiger partial charge is 0.225 e. The average Bonchev–Trinajstić information content (AvgIpc) is 2.74. The summed E-state index contributed by atoms with van der Waals surface area (Å²) in [6.45, 7) is 6.44. The van der Waals surface area contributed by atoms with Gasteiger partial charge < -0.3 is 4.90 Å².